The predicted octanol–water partition coefficient (Wildman–Crippen LogP) is 3.59. The van der Waals surface area contributed by atoms with Crippen molar-refractivity contribution in [1.29, 1.82) is 0 Å². The number of hydrogen-bond acceptors (Lipinski definition) is 5. The molecule has 2 aromatic rings. The molecular formula is C28H36N4O3. The van der Waals surface area contributed by atoms with E-state index in [0.29, 0.717) is 30.8 Å². The Hall–Kier alpha value is -2.93. The number of hydrogen-bond donors (Lipinski definition) is 2. The first-order valence-electron chi connectivity index (χ1n) is 12.9. The number of fused-ring (bicyclic) bond motifs is 2. The normalized spacial score (nSPS) is 26.0. The van der Waals surface area contributed by atoms with Crippen LogP contribution in [0.5, 0.6) is 5.75 Å². The fourth-order valence-corrected chi connectivity index (χ4v) is 6.00. The molecule has 2 unspecified atom stereocenters. The third-order valence-corrected chi connectivity index (χ3v) is 8.17. The molecule has 0 aliphatic carbocycles. The Labute approximate surface area is 207 Å². The number of aromatic nitrogens is 1. The van der Waals surface area contributed by atoms with E-state index in [-0.39, 0.29) is 23.9 Å². The summed E-state index contributed by atoms with van der Waals surface area (Å²) in [4.78, 5) is 31.1. The lowest BCUT2D eigenvalue weighted by molar-refractivity contribution is -0.119. The van der Waals surface area contributed by atoms with Crippen molar-refractivity contribution in [3.63, 3.8) is 0 Å². The average molecular weight is 477 g/mol. The summed E-state index contributed by atoms with van der Waals surface area (Å²) in [5.74, 6) is 0.966. The highest BCUT2D eigenvalue weighted by molar-refractivity contribution is 5.93. The van der Waals surface area contributed by atoms with Crippen LogP contribution in [0.3, 0.4) is 0 Å². The molecule has 3 fully saturated rings. The summed E-state index contributed by atoms with van der Waals surface area (Å²) in [7, 11) is 0. The van der Waals surface area contributed by atoms with Crippen molar-refractivity contribution >= 4 is 11.8 Å². The number of nitrogens with one attached hydrogen (secondary N) is 2. The van der Waals surface area contributed by atoms with Crippen molar-refractivity contribution in [2.24, 2.45) is 0 Å². The fourth-order valence-electron chi connectivity index (χ4n) is 6.00. The van der Waals surface area contributed by atoms with Gasteiger partial charge < -0.3 is 15.4 Å². The van der Waals surface area contributed by atoms with E-state index in [1.807, 2.05) is 19.1 Å². The Balaban J connectivity index is 1.20. The number of rotatable bonds is 7. The first-order chi connectivity index (χ1) is 16.9. The maximum atomic E-state index is 12.8. The summed E-state index contributed by atoms with van der Waals surface area (Å²) in [6.45, 7) is 7.69. The topological polar surface area (TPSA) is 83.6 Å². The van der Waals surface area contributed by atoms with Gasteiger partial charge in [-0.1, -0.05) is 12.1 Å². The van der Waals surface area contributed by atoms with Gasteiger partial charge in [0, 0.05) is 37.3 Å². The molecule has 186 valence electrons. The Morgan fingerprint density at radius 1 is 1.11 bits per heavy atom. The number of aryl methyl sites for hydroxylation is 1. The number of benzene rings is 1. The number of ether oxygens (including phenoxy) is 1. The third-order valence-electron chi connectivity index (χ3n) is 8.17. The molecule has 0 spiro atoms. The van der Waals surface area contributed by atoms with Gasteiger partial charge in [0.15, 0.2) is 0 Å². The average Bonchev–Trinajstić information content (AvgIpc) is 3.35. The van der Waals surface area contributed by atoms with Gasteiger partial charge in [-0.2, -0.15) is 0 Å². The molecule has 3 aliphatic heterocycles. The Kier molecular flexibility index (Phi) is 6.78. The Morgan fingerprint density at radius 2 is 1.89 bits per heavy atom. The van der Waals surface area contributed by atoms with Gasteiger partial charge in [-0.15, -0.1) is 0 Å². The molecule has 0 saturated carbocycles. The van der Waals surface area contributed by atoms with Gasteiger partial charge in [0.1, 0.15) is 18.1 Å². The number of carbonyl (C=O) groups is 2. The molecule has 3 aliphatic rings. The first kappa shape index (κ1) is 23.8. The zero-order valence-corrected chi connectivity index (χ0v) is 21.0. The van der Waals surface area contributed by atoms with Crippen LogP contribution in [0.15, 0.2) is 30.5 Å². The van der Waals surface area contributed by atoms with Gasteiger partial charge in [-0.25, -0.2) is 0 Å². The highest BCUT2D eigenvalue weighted by atomic mass is 16.5. The van der Waals surface area contributed by atoms with Gasteiger partial charge in [-0.3, -0.25) is 19.5 Å². The maximum Gasteiger partial charge on any atom is 0.270 e. The number of nitrogens with zero attached hydrogens (tertiary/aromatic N) is 2. The molecule has 0 radical (unpaired) electrons. The molecule has 2 bridgehead atoms. The highest BCUT2D eigenvalue weighted by Crippen LogP contribution is 2.38. The smallest absolute Gasteiger partial charge is 0.270 e. The third kappa shape index (κ3) is 5.06. The van der Waals surface area contributed by atoms with E-state index < -0.39 is 0 Å². The molecule has 5 rings (SSSR count). The van der Waals surface area contributed by atoms with E-state index in [1.54, 1.807) is 6.20 Å². The molecule has 3 atom stereocenters. The van der Waals surface area contributed by atoms with Crippen molar-refractivity contribution in [2.45, 2.75) is 90.0 Å². The summed E-state index contributed by atoms with van der Waals surface area (Å²) in [5, 5.41) is 6.23. The summed E-state index contributed by atoms with van der Waals surface area (Å²) in [6, 6.07) is 9.37. The zero-order valence-electron chi connectivity index (χ0n) is 21.0. The highest BCUT2D eigenvalue weighted by Gasteiger charge is 2.41. The lowest BCUT2D eigenvalue weighted by atomic mass is 9.95. The largest absolute Gasteiger partial charge is 0.491 e. The van der Waals surface area contributed by atoms with Crippen LogP contribution in [0.2, 0.25) is 0 Å². The zero-order chi connectivity index (χ0) is 24.5. The number of piperidine rings is 1. The minimum absolute atomic E-state index is 0.0554. The van der Waals surface area contributed by atoms with Crippen LogP contribution in [0.25, 0.3) is 0 Å². The van der Waals surface area contributed by atoms with E-state index in [1.165, 1.54) is 29.5 Å². The van der Waals surface area contributed by atoms with E-state index in [9.17, 15) is 9.59 Å². The quantitative estimate of drug-likeness (QED) is 0.638. The SMILES string of the molecule is Cc1cccnc1C(=O)NC1CC2CCC(C1)N2Cc1ccc(OC[C@H]2CCC(=O)N2)c(C)c1C. The van der Waals surface area contributed by atoms with Crippen LogP contribution in [0.4, 0.5) is 0 Å². The molecule has 2 amide bonds. The van der Waals surface area contributed by atoms with Crippen molar-refractivity contribution in [3.05, 3.63) is 58.4 Å². The van der Waals surface area contributed by atoms with E-state index in [2.05, 4.69) is 46.5 Å². The van der Waals surface area contributed by atoms with E-state index >= 15 is 0 Å². The second kappa shape index (κ2) is 9.97. The minimum Gasteiger partial charge on any atom is -0.491 e. The van der Waals surface area contributed by atoms with Gasteiger partial charge in [-0.05, 0) is 87.3 Å². The van der Waals surface area contributed by atoms with E-state index in [0.717, 1.165) is 37.1 Å². The van der Waals surface area contributed by atoms with Crippen LogP contribution < -0.4 is 15.4 Å². The van der Waals surface area contributed by atoms with Crippen LogP contribution in [0.1, 0.15) is 71.3 Å². The van der Waals surface area contributed by atoms with Crippen LogP contribution in [0, 0.1) is 20.8 Å². The van der Waals surface area contributed by atoms with Gasteiger partial charge >= 0.3 is 0 Å². The molecule has 7 heteroatoms. The molecule has 35 heavy (non-hydrogen) atoms. The maximum absolute atomic E-state index is 12.8. The van der Waals surface area contributed by atoms with Gasteiger partial charge in [0.25, 0.3) is 5.91 Å². The molecule has 4 heterocycles. The van der Waals surface area contributed by atoms with Crippen LogP contribution >= 0.6 is 0 Å². The second-order valence-corrected chi connectivity index (χ2v) is 10.5. The van der Waals surface area contributed by atoms with Crippen LogP contribution in [-0.4, -0.2) is 52.5 Å². The summed E-state index contributed by atoms with van der Waals surface area (Å²) in [6.07, 6.45) is 7.46. The van der Waals surface area contributed by atoms with Crippen molar-refractivity contribution in [2.75, 3.05) is 6.61 Å². The molecule has 1 aromatic heterocycles. The van der Waals surface area contributed by atoms with Crippen LogP contribution in [-0.2, 0) is 11.3 Å². The number of amides is 2. The lowest BCUT2D eigenvalue weighted by Gasteiger charge is -2.39. The van der Waals surface area contributed by atoms with Gasteiger partial charge in [0.05, 0.1) is 6.04 Å². The van der Waals surface area contributed by atoms with Crippen molar-refractivity contribution < 1.29 is 14.3 Å². The number of carbonyl (C=O) groups excluding carboxylic acids is 2. The summed E-state index contributed by atoms with van der Waals surface area (Å²) in [5.41, 5.74) is 5.24. The monoisotopic (exact) mass is 476 g/mol. The number of pyridine rings is 1. The standard InChI is InChI=1S/C28H36N4O3/c1-17-5-4-12-29-27(17)28(34)31-22-13-23-8-9-24(14-22)32(23)15-20-6-10-25(19(3)18(20)2)35-16-21-7-11-26(33)30-21/h4-6,10,12,21-24H,7-9,11,13-16H2,1-3H3,(H,30,33)(H,31,34)/t21-,22?,23?,24?/m1/s1. The Morgan fingerprint density at radius 3 is 2.57 bits per heavy atom. The lowest BCUT2D eigenvalue weighted by Crippen LogP contribution is -2.50. The van der Waals surface area contributed by atoms with Crippen molar-refractivity contribution in [1.82, 2.24) is 20.5 Å². The fraction of sp³-hybridized carbons (Fsp3) is 0.536. The summed E-state index contributed by atoms with van der Waals surface area (Å²) >= 11 is 0. The predicted molar refractivity (Wildman–Crippen MR) is 134 cm³/mol. The van der Waals surface area contributed by atoms with E-state index in [4.69, 9.17) is 4.74 Å². The molecule has 1 aromatic carbocycles. The molecule has 2 N–H and O–H groups in total. The molecule has 7 nitrogen and oxygen atoms in total. The molecular weight excluding hydrogens is 440 g/mol. The Bertz CT molecular complexity index is 1100. The molecule has 3 saturated heterocycles. The minimum atomic E-state index is -0.0554. The van der Waals surface area contributed by atoms with Gasteiger partial charge in [0.2, 0.25) is 5.91 Å². The summed E-state index contributed by atoms with van der Waals surface area (Å²) < 4.78 is 6.07. The first-order valence-corrected chi connectivity index (χ1v) is 12.9. The second-order valence-electron chi connectivity index (χ2n) is 10.5. The van der Waals surface area contributed by atoms with Crippen molar-refractivity contribution in [3.8, 4) is 5.75 Å².